The molecule has 0 spiro atoms. The number of guanidine groups is 1. The molecule has 2 rings (SSSR count). The SMILES string of the molecule is CN=C(NCc1cccc(OCC(N)=O)c1)NC(C)c1ccc(Cl)cc1. The van der Waals surface area contributed by atoms with Crippen molar-refractivity contribution in [2.24, 2.45) is 10.7 Å². The fourth-order valence-electron chi connectivity index (χ4n) is 2.32. The zero-order valence-electron chi connectivity index (χ0n) is 14.8. The second-order valence-electron chi connectivity index (χ2n) is 5.75. The van der Waals surface area contributed by atoms with Crippen molar-refractivity contribution in [2.45, 2.75) is 19.5 Å². The maximum Gasteiger partial charge on any atom is 0.255 e. The largest absolute Gasteiger partial charge is 0.484 e. The van der Waals surface area contributed by atoms with Gasteiger partial charge in [-0.25, -0.2) is 0 Å². The van der Waals surface area contributed by atoms with Gasteiger partial charge in [-0.05, 0) is 42.3 Å². The standard InChI is InChI=1S/C19H23ClN4O2/c1-13(15-6-8-16(20)9-7-15)24-19(22-2)23-11-14-4-3-5-17(10-14)26-12-18(21)25/h3-10,13H,11-12H2,1-2H3,(H2,21,25)(H2,22,23,24). The van der Waals surface area contributed by atoms with Crippen LogP contribution in [0.15, 0.2) is 53.5 Å². The van der Waals surface area contributed by atoms with Crippen LogP contribution in [0.5, 0.6) is 5.75 Å². The Morgan fingerprint density at radius 3 is 2.65 bits per heavy atom. The van der Waals surface area contributed by atoms with Gasteiger partial charge in [-0.2, -0.15) is 0 Å². The Kier molecular flexibility index (Phi) is 7.29. The van der Waals surface area contributed by atoms with Gasteiger partial charge in [0.05, 0.1) is 6.04 Å². The number of amides is 1. The third-order valence-corrected chi connectivity index (χ3v) is 3.94. The van der Waals surface area contributed by atoms with E-state index in [2.05, 4.69) is 15.6 Å². The maximum atomic E-state index is 10.8. The Morgan fingerprint density at radius 1 is 1.27 bits per heavy atom. The number of primary amides is 1. The molecule has 4 N–H and O–H groups in total. The summed E-state index contributed by atoms with van der Waals surface area (Å²) in [6.07, 6.45) is 0. The van der Waals surface area contributed by atoms with Gasteiger partial charge in [0, 0.05) is 18.6 Å². The van der Waals surface area contributed by atoms with Crippen LogP contribution in [0.1, 0.15) is 24.1 Å². The van der Waals surface area contributed by atoms with Gasteiger partial charge in [0.1, 0.15) is 5.75 Å². The molecule has 7 heteroatoms. The van der Waals surface area contributed by atoms with Crippen molar-refractivity contribution in [3.63, 3.8) is 0 Å². The molecule has 1 atom stereocenters. The Labute approximate surface area is 158 Å². The van der Waals surface area contributed by atoms with E-state index in [1.165, 1.54) is 0 Å². The van der Waals surface area contributed by atoms with Crippen LogP contribution in [0.2, 0.25) is 5.02 Å². The number of rotatable bonds is 7. The first-order valence-electron chi connectivity index (χ1n) is 8.20. The number of carbonyl (C=O) groups is 1. The van der Waals surface area contributed by atoms with Crippen molar-refractivity contribution in [1.29, 1.82) is 0 Å². The van der Waals surface area contributed by atoms with Crippen LogP contribution in [0.25, 0.3) is 0 Å². The third-order valence-electron chi connectivity index (χ3n) is 3.69. The number of aliphatic imine (C=N–C) groups is 1. The number of hydrogen-bond donors (Lipinski definition) is 3. The van der Waals surface area contributed by atoms with Crippen LogP contribution in [-0.4, -0.2) is 25.5 Å². The van der Waals surface area contributed by atoms with Gasteiger partial charge in [-0.3, -0.25) is 9.79 Å². The minimum absolute atomic E-state index is 0.0729. The highest BCUT2D eigenvalue weighted by Crippen LogP contribution is 2.16. The highest BCUT2D eigenvalue weighted by molar-refractivity contribution is 6.30. The van der Waals surface area contributed by atoms with Gasteiger partial charge in [0.2, 0.25) is 0 Å². The number of benzene rings is 2. The zero-order chi connectivity index (χ0) is 18.9. The molecule has 1 amide bonds. The molecule has 2 aromatic rings. The maximum absolute atomic E-state index is 10.8. The van der Waals surface area contributed by atoms with Crippen molar-refractivity contribution in [3.05, 3.63) is 64.7 Å². The number of nitrogens with zero attached hydrogens (tertiary/aromatic N) is 1. The number of carbonyl (C=O) groups excluding carboxylic acids is 1. The number of nitrogens with one attached hydrogen (secondary N) is 2. The predicted molar refractivity (Wildman–Crippen MR) is 104 cm³/mol. The molecule has 0 aliphatic rings. The van der Waals surface area contributed by atoms with E-state index in [-0.39, 0.29) is 12.6 Å². The summed E-state index contributed by atoms with van der Waals surface area (Å²) in [5.41, 5.74) is 7.19. The van der Waals surface area contributed by atoms with Gasteiger partial charge in [0.15, 0.2) is 12.6 Å². The summed E-state index contributed by atoms with van der Waals surface area (Å²) in [6, 6.07) is 15.2. The number of halogens is 1. The molecule has 0 saturated carbocycles. The number of hydrogen-bond acceptors (Lipinski definition) is 3. The van der Waals surface area contributed by atoms with E-state index < -0.39 is 5.91 Å². The van der Waals surface area contributed by atoms with Crippen molar-refractivity contribution < 1.29 is 9.53 Å². The van der Waals surface area contributed by atoms with E-state index in [1.54, 1.807) is 13.1 Å². The van der Waals surface area contributed by atoms with Gasteiger partial charge in [0.25, 0.3) is 5.91 Å². The van der Waals surface area contributed by atoms with Gasteiger partial charge in [-0.15, -0.1) is 0 Å². The smallest absolute Gasteiger partial charge is 0.255 e. The molecule has 0 aliphatic carbocycles. The van der Waals surface area contributed by atoms with Gasteiger partial charge < -0.3 is 21.1 Å². The summed E-state index contributed by atoms with van der Waals surface area (Å²) in [4.78, 5) is 15.0. The molecule has 0 aliphatic heterocycles. The Balaban J connectivity index is 1.91. The highest BCUT2D eigenvalue weighted by atomic mass is 35.5. The molecular weight excluding hydrogens is 352 g/mol. The monoisotopic (exact) mass is 374 g/mol. The summed E-state index contributed by atoms with van der Waals surface area (Å²) in [6.45, 7) is 2.47. The molecule has 6 nitrogen and oxygen atoms in total. The first-order valence-corrected chi connectivity index (χ1v) is 8.58. The second kappa shape index (κ2) is 9.68. The normalized spacial score (nSPS) is 12.3. The molecule has 0 aromatic heterocycles. The molecule has 2 aromatic carbocycles. The summed E-state index contributed by atoms with van der Waals surface area (Å²) in [5, 5.41) is 7.30. The fourth-order valence-corrected chi connectivity index (χ4v) is 2.45. The van der Waals surface area contributed by atoms with Gasteiger partial charge >= 0.3 is 0 Å². The predicted octanol–water partition coefficient (Wildman–Crippen LogP) is 2.63. The molecule has 1 unspecified atom stereocenters. The zero-order valence-corrected chi connectivity index (χ0v) is 15.6. The molecule has 26 heavy (non-hydrogen) atoms. The Morgan fingerprint density at radius 2 is 2.00 bits per heavy atom. The van der Waals surface area contributed by atoms with Gasteiger partial charge in [-0.1, -0.05) is 35.9 Å². The minimum atomic E-state index is -0.505. The minimum Gasteiger partial charge on any atom is -0.484 e. The van der Waals surface area contributed by atoms with E-state index in [0.717, 1.165) is 11.1 Å². The van der Waals surface area contributed by atoms with E-state index >= 15 is 0 Å². The van der Waals surface area contributed by atoms with Crippen LogP contribution in [-0.2, 0) is 11.3 Å². The lowest BCUT2D eigenvalue weighted by atomic mass is 10.1. The van der Waals surface area contributed by atoms with E-state index in [9.17, 15) is 4.79 Å². The number of nitrogens with two attached hydrogens (primary N) is 1. The lowest BCUT2D eigenvalue weighted by Crippen LogP contribution is -2.38. The first-order chi connectivity index (χ1) is 12.5. The Hall–Kier alpha value is -2.73. The molecule has 0 heterocycles. The molecule has 0 radical (unpaired) electrons. The number of ether oxygens (including phenoxy) is 1. The second-order valence-corrected chi connectivity index (χ2v) is 6.18. The average Bonchev–Trinajstić information content (AvgIpc) is 2.64. The molecule has 0 saturated heterocycles. The van der Waals surface area contributed by atoms with E-state index in [0.29, 0.717) is 23.3 Å². The lowest BCUT2D eigenvalue weighted by molar-refractivity contribution is -0.119. The Bertz CT molecular complexity index is 762. The third kappa shape index (κ3) is 6.29. The van der Waals surface area contributed by atoms with Crippen molar-refractivity contribution >= 4 is 23.5 Å². The lowest BCUT2D eigenvalue weighted by Gasteiger charge is -2.18. The average molecular weight is 375 g/mol. The molecular formula is C19H23ClN4O2. The fraction of sp³-hybridized carbons (Fsp3) is 0.263. The molecule has 0 fully saturated rings. The summed E-state index contributed by atoms with van der Waals surface area (Å²) >= 11 is 5.93. The van der Waals surface area contributed by atoms with Crippen molar-refractivity contribution in [2.75, 3.05) is 13.7 Å². The molecule has 0 bridgehead atoms. The van der Waals surface area contributed by atoms with E-state index in [4.69, 9.17) is 22.1 Å². The topological polar surface area (TPSA) is 88.7 Å². The summed E-state index contributed by atoms with van der Waals surface area (Å²) in [7, 11) is 1.72. The van der Waals surface area contributed by atoms with Crippen LogP contribution in [0.3, 0.4) is 0 Å². The quantitative estimate of drug-likeness (QED) is 0.513. The summed E-state index contributed by atoms with van der Waals surface area (Å²) < 4.78 is 5.31. The highest BCUT2D eigenvalue weighted by Gasteiger charge is 2.08. The summed E-state index contributed by atoms with van der Waals surface area (Å²) in [5.74, 6) is 0.769. The van der Waals surface area contributed by atoms with Crippen molar-refractivity contribution in [1.82, 2.24) is 10.6 Å². The van der Waals surface area contributed by atoms with E-state index in [1.807, 2.05) is 49.4 Å². The first kappa shape index (κ1) is 19.6. The van der Waals surface area contributed by atoms with Crippen LogP contribution < -0.4 is 21.1 Å². The molecule has 138 valence electrons. The van der Waals surface area contributed by atoms with Crippen molar-refractivity contribution in [3.8, 4) is 5.75 Å². The van der Waals surface area contributed by atoms with Crippen LogP contribution in [0, 0.1) is 0 Å². The van der Waals surface area contributed by atoms with Crippen LogP contribution >= 0.6 is 11.6 Å². The van der Waals surface area contributed by atoms with Crippen LogP contribution in [0.4, 0.5) is 0 Å².